The summed E-state index contributed by atoms with van der Waals surface area (Å²) in [6.07, 6.45) is 0.766. The fraction of sp³-hybridized carbons (Fsp3) is 0.600. The lowest BCUT2D eigenvalue weighted by atomic mass is 9.90. The van der Waals surface area contributed by atoms with Crippen LogP contribution < -0.4 is 5.73 Å². The van der Waals surface area contributed by atoms with E-state index in [-0.39, 0.29) is 11.8 Å². The van der Waals surface area contributed by atoms with Crippen LogP contribution in [0, 0.1) is 5.92 Å². The smallest absolute Gasteiger partial charge is 0.150 e. The van der Waals surface area contributed by atoms with Gasteiger partial charge >= 0.3 is 0 Å². The minimum absolute atomic E-state index is 0.221. The van der Waals surface area contributed by atoms with Gasteiger partial charge < -0.3 is 5.73 Å². The van der Waals surface area contributed by atoms with E-state index in [9.17, 15) is 8.42 Å². The van der Waals surface area contributed by atoms with Crippen molar-refractivity contribution in [1.29, 1.82) is 0 Å². The molecular formula is C10H15NO2S2. The van der Waals surface area contributed by atoms with Gasteiger partial charge in [-0.05, 0) is 23.8 Å². The van der Waals surface area contributed by atoms with Gasteiger partial charge in [0.25, 0.3) is 0 Å². The molecule has 1 aromatic heterocycles. The van der Waals surface area contributed by atoms with E-state index in [1.54, 1.807) is 11.3 Å². The standard InChI is InChI=1S/C10H15NO2S2/c11-6-9(10-2-1-4-14-10)8-3-5-15(12,13)7-8/h1-2,4,8-9H,3,5-7,11H2. The molecule has 2 rings (SSSR count). The van der Waals surface area contributed by atoms with Crippen molar-refractivity contribution < 1.29 is 8.42 Å². The summed E-state index contributed by atoms with van der Waals surface area (Å²) in [4.78, 5) is 1.22. The van der Waals surface area contributed by atoms with Crippen molar-refractivity contribution in [2.24, 2.45) is 11.7 Å². The maximum absolute atomic E-state index is 11.4. The zero-order valence-electron chi connectivity index (χ0n) is 8.43. The van der Waals surface area contributed by atoms with Crippen molar-refractivity contribution in [3.05, 3.63) is 22.4 Å². The molecule has 0 amide bonds. The Morgan fingerprint density at radius 3 is 2.87 bits per heavy atom. The van der Waals surface area contributed by atoms with Crippen LogP contribution in [0.3, 0.4) is 0 Å². The second-order valence-corrected chi connectivity index (χ2v) is 7.23. The normalized spacial score (nSPS) is 26.6. The minimum Gasteiger partial charge on any atom is -0.330 e. The van der Waals surface area contributed by atoms with Crippen molar-refractivity contribution >= 4 is 21.2 Å². The summed E-state index contributed by atoms with van der Waals surface area (Å²) in [5.74, 6) is 1.09. The van der Waals surface area contributed by atoms with Gasteiger partial charge in [0.05, 0.1) is 11.5 Å². The molecule has 0 radical (unpaired) electrons. The lowest BCUT2D eigenvalue weighted by Gasteiger charge is -2.19. The first kappa shape index (κ1) is 11.1. The quantitative estimate of drug-likeness (QED) is 0.871. The highest BCUT2D eigenvalue weighted by atomic mass is 32.2. The second-order valence-electron chi connectivity index (χ2n) is 4.02. The minimum atomic E-state index is -2.79. The largest absolute Gasteiger partial charge is 0.330 e. The number of nitrogens with two attached hydrogens (primary N) is 1. The van der Waals surface area contributed by atoms with Crippen molar-refractivity contribution in [3.8, 4) is 0 Å². The van der Waals surface area contributed by atoms with Gasteiger partial charge in [-0.15, -0.1) is 11.3 Å². The average Bonchev–Trinajstić information content (AvgIpc) is 2.77. The highest BCUT2D eigenvalue weighted by Gasteiger charge is 2.34. The van der Waals surface area contributed by atoms with Crippen molar-refractivity contribution in [3.63, 3.8) is 0 Å². The van der Waals surface area contributed by atoms with Crippen LogP contribution in [0.1, 0.15) is 17.2 Å². The van der Waals surface area contributed by atoms with Crippen molar-refractivity contribution in [2.45, 2.75) is 12.3 Å². The van der Waals surface area contributed by atoms with Crippen LogP contribution in [0.2, 0.25) is 0 Å². The molecule has 2 heterocycles. The summed E-state index contributed by atoms with van der Waals surface area (Å²) >= 11 is 1.67. The molecule has 1 aromatic rings. The van der Waals surface area contributed by atoms with E-state index in [0.717, 1.165) is 6.42 Å². The molecule has 1 aliphatic rings. The monoisotopic (exact) mass is 245 g/mol. The Bertz CT molecular complexity index is 411. The Morgan fingerprint density at radius 1 is 1.60 bits per heavy atom. The van der Waals surface area contributed by atoms with E-state index in [0.29, 0.717) is 18.1 Å². The molecule has 0 bridgehead atoms. The number of hydrogen-bond acceptors (Lipinski definition) is 4. The van der Waals surface area contributed by atoms with Gasteiger partial charge in [-0.2, -0.15) is 0 Å². The fourth-order valence-corrected chi connectivity index (χ4v) is 5.00. The van der Waals surface area contributed by atoms with Gasteiger partial charge in [0, 0.05) is 17.3 Å². The van der Waals surface area contributed by atoms with E-state index in [2.05, 4.69) is 0 Å². The molecule has 84 valence electrons. The van der Waals surface area contributed by atoms with E-state index in [4.69, 9.17) is 5.73 Å². The van der Waals surface area contributed by atoms with Crippen LogP contribution in [0.4, 0.5) is 0 Å². The van der Waals surface area contributed by atoms with Crippen LogP contribution >= 0.6 is 11.3 Å². The van der Waals surface area contributed by atoms with E-state index < -0.39 is 9.84 Å². The Balaban J connectivity index is 2.16. The Hall–Kier alpha value is -0.390. The van der Waals surface area contributed by atoms with Crippen molar-refractivity contribution in [2.75, 3.05) is 18.1 Å². The summed E-state index contributed by atoms with van der Waals surface area (Å²) < 4.78 is 22.8. The predicted molar refractivity (Wildman–Crippen MR) is 62.9 cm³/mol. The molecule has 15 heavy (non-hydrogen) atoms. The zero-order valence-corrected chi connectivity index (χ0v) is 10.1. The van der Waals surface area contributed by atoms with Gasteiger partial charge in [0.15, 0.2) is 9.84 Å². The lowest BCUT2D eigenvalue weighted by molar-refractivity contribution is 0.480. The Morgan fingerprint density at radius 2 is 2.40 bits per heavy atom. The van der Waals surface area contributed by atoms with Crippen LogP contribution in [0.25, 0.3) is 0 Å². The molecule has 1 fully saturated rings. The molecule has 0 aromatic carbocycles. The Kier molecular flexibility index (Phi) is 3.13. The summed E-state index contributed by atoms with van der Waals surface area (Å²) in [5.41, 5.74) is 5.74. The average molecular weight is 245 g/mol. The van der Waals surface area contributed by atoms with Crippen LogP contribution in [0.5, 0.6) is 0 Å². The molecule has 1 aliphatic heterocycles. The highest BCUT2D eigenvalue weighted by molar-refractivity contribution is 7.91. The SMILES string of the molecule is NCC(c1cccs1)C1CCS(=O)(=O)C1. The van der Waals surface area contributed by atoms with Crippen LogP contribution in [-0.2, 0) is 9.84 Å². The van der Waals surface area contributed by atoms with Crippen LogP contribution in [0.15, 0.2) is 17.5 Å². The molecule has 1 saturated heterocycles. The summed E-state index contributed by atoms with van der Waals surface area (Å²) in [6.45, 7) is 0.542. The predicted octanol–water partition coefficient (Wildman–Crippen LogP) is 1.23. The van der Waals surface area contributed by atoms with Gasteiger partial charge in [-0.1, -0.05) is 6.07 Å². The summed E-state index contributed by atoms with van der Waals surface area (Å²) in [7, 11) is -2.79. The molecular weight excluding hydrogens is 230 g/mol. The van der Waals surface area contributed by atoms with E-state index in [1.807, 2.05) is 17.5 Å². The molecule has 2 atom stereocenters. The Labute approximate surface area is 94.2 Å². The fourth-order valence-electron chi connectivity index (χ4n) is 2.18. The molecule has 5 heteroatoms. The lowest BCUT2D eigenvalue weighted by Crippen LogP contribution is -2.21. The molecule has 2 N–H and O–H groups in total. The third kappa shape index (κ3) is 2.41. The number of rotatable bonds is 3. The molecule has 2 unspecified atom stereocenters. The molecule has 0 spiro atoms. The first-order chi connectivity index (χ1) is 7.12. The second kappa shape index (κ2) is 4.23. The zero-order chi connectivity index (χ0) is 10.9. The molecule has 3 nitrogen and oxygen atoms in total. The topological polar surface area (TPSA) is 60.2 Å². The summed E-state index contributed by atoms with van der Waals surface area (Å²) in [6, 6.07) is 4.04. The molecule has 0 saturated carbocycles. The maximum Gasteiger partial charge on any atom is 0.150 e. The van der Waals surface area contributed by atoms with Gasteiger partial charge in [0.1, 0.15) is 0 Å². The van der Waals surface area contributed by atoms with Crippen LogP contribution in [-0.4, -0.2) is 26.5 Å². The van der Waals surface area contributed by atoms with E-state index >= 15 is 0 Å². The van der Waals surface area contributed by atoms with Crippen molar-refractivity contribution in [1.82, 2.24) is 0 Å². The molecule has 0 aliphatic carbocycles. The third-order valence-corrected chi connectivity index (χ3v) is 5.80. The maximum atomic E-state index is 11.4. The highest BCUT2D eigenvalue weighted by Crippen LogP contribution is 2.34. The third-order valence-electron chi connectivity index (χ3n) is 3.00. The number of thiophene rings is 1. The van der Waals surface area contributed by atoms with Gasteiger partial charge in [0.2, 0.25) is 0 Å². The van der Waals surface area contributed by atoms with Gasteiger partial charge in [-0.3, -0.25) is 0 Å². The first-order valence-corrected chi connectivity index (χ1v) is 7.76. The first-order valence-electron chi connectivity index (χ1n) is 5.06. The van der Waals surface area contributed by atoms with E-state index in [1.165, 1.54) is 4.88 Å². The summed E-state index contributed by atoms with van der Waals surface area (Å²) in [5, 5.41) is 2.02. The van der Waals surface area contributed by atoms with Gasteiger partial charge in [-0.25, -0.2) is 8.42 Å². The number of hydrogen-bond donors (Lipinski definition) is 1. The number of sulfone groups is 1.